The Morgan fingerprint density at radius 3 is 2.00 bits per heavy atom. The first kappa shape index (κ1) is 12.2. The highest BCUT2D eigenvalue weighted by Crippen LogP contribution is 2.09. The molecule has 1 saturated heterocycles. The molecule has 88 valence electrons. The highest BCUT2D eigenvalue weighted by Gasteiger charge is 2.29. The third-order valence-corrected chi connectivity index (χ3v) is 4.24. The van der Waals surface area contributed by atoms with Gasteiger partial charge in [0.2, 0.25) is 0 Å². The predicted octanol–water partition coefficient (Wildman–Crippen LogP) is -0.912. The van der Waals surface area contributed by atoms with Crippen LogP contribution in [0.3, 0.4) is 0 Å². The SMILES string of the molecule is CN(C)S(=O)(=O)N1CCN(C(=O)O)CC1. The summed E-state index contributed by atoms with van der Waals surface area (Å²) in [5, 5.41) is 8.68. The van der Waals surface area contributed by atoms with Crippen molar-refractivity contribution in [3.8, 4) is 0 Å². The van der Waals surface area contributed by atoms with Gasteiger partial charge in [0.15, 0.2) is 0 Å². The highest BCUT2D eigenvalue weighted by molar-refractivity contribution is 7.86. The lowest BCUT2D eigenvalue weighted by Gasteiger charge is -2.33. The molecule has 1 aliphatic heterocycles. The Labute approximate surface area is 89.1 Å². The zero-order valence-electron chi connectivity index (χ0n) is 8.75. The molecule has 0 atom stereocenters. The van der Waals surface area contributed by atoms with Crippen molar-refractivity contribution in [2.45, 2.75) is 0 Å². The summed E-state index contributed by atoms with van der Waals surface area (Å²) in [5.41, 5.74) is 0. The average molecular weight is 237 g/mol. The van der Waals surface area contributed by atoms with E-state index in [1.807, 2.05) is 0 Å². The second kappa shape index (κ2) is 4.33. The largest absolute Gasteiger partial charge is 0.465 e. The van der Waals surface area contributed by atoms with E-state index < -0.39 is 16.3 Å². The molecule has 1 amide bonds. The third-order valence-electron chi connectivity index (χ3n) is 2.30. The normalized spacial score (nSPS) is 19.5. The summed E-state index contributed by atoms with van der Waals surface area (Å²) in [7, 11) is -0.488. The first-order valence-electron chi connectivity index (χ1n) is 4.51. The lowest BCUT2D eigenvalue weighted by molar-refractivity contribution is 0.125. The molecule has 7 nitrogen and oxygen atoms in total. The van der Waals surface area contributed by atoms with Crippen LogP contribution in [0.1, 0.15) is 0 Å². The first-order valence-corrected chi connectivity index (χ1v) is 5.91. The van der Waals surface area contributed by atoms with E-state index in [1.165, 1.54) is 23.3 Å². The summed E-state index contributed by atoms with van der Waals surface area (Å²) in [4.78, 5) is 11.8. The van der Waals surface area contributed by atoms with Crippen molar-refractivity contribution in [3.63, 3.8) is 0 Å². The van der Waals surface area contributed by atoms with Crippen LogP contribution in [0.5, 0.6) is 0 Å². The average Bonchev–Trinajstić information content (AvgIpc) is 2.17. The summed E-state index contributed by atoms with van der Waals surface area (Å²) in [6, 6.07) is 0. The fraction of sp³-hybridized carbons (Fsp3) is 0.857. The summed E-state index contributed by atoms with van der Waals surface area (Å²) < 4.78 is 25.7. The number of amides is 1. The van der Waals surface area contributed by atoms with Gasteiger partial charge in [0, 0.05) is 40.3 Å². The van der Waals surface area contributed by atoms with E-state index in [-0.39, 0.29) is 26.2 Å². The zero-order chi connectivity index (χ0) is 11.6. The summed E-state index contributed by atoms with van der Waals surface area (Å²) >= 11 is 0. The number of nitrogens with zero attached hydrogens (tertiary/aromatic N) is 3. The number of piperazine rings is 1. The molecule has 0 saturated carbocycles. The van der Waals surface area contributed by atoms with Gasteiger partial charge in [0.25, 0.3) is 10.2 Å². The molecular weight excluding hydrogens is 222 g/mol. The molecule has 0 aliphatic carbocycles. The number of hydrogen-bond acceptors (Lipinski definition) is 3. The van der Waals surface area contributed by atoms with Crippen LogP contribution in [-0.4, -0.2) is 73.4 Å². The maximum atomic E-state index is 11.6. The van der Waals surface area contributed by atoms with Gasteiger partial charge in [-0.05, 0) is 0 Å². The summed E-state index contributed by atoms with van der Waals surface area (Å²) in [5.74, 6) is 0. The minimum absolute atomic E-state index is 0.215. The predicted molar refractivity (Wildman–Crippen MR) is 53.8 cm³/mol. The van der Waals surface area contributed by atoms with E-state index in [1.54, 1.807) is 0 Å². The monoisotopic (exact) mass is 237 g/mol. The third kappa shape index (κ3) is 2.58. The molecule has 0 aromatic heterocycles. The van der Waals surface area contributed by atoms with Gasteiger partial charge < -0.3 is 10.0 Å². The van der Waals surface area contributed by atoms with E-state index in [0.29, 0.717) is 0 Å². The molecule has 1 aliphatic rings. The lowest BCUT2D eigenvalue weighted by atomic mass is 10.4. The molecule has 0 unspecified atom stereocenters. The number of carbonyl (C=O) groups is 1. The Bertz CT molecular complexity index is 332. The van der Waals surface area contributed by atoms with Gasteiger partial charge in [-0.25, -0.2) is 4.79 Å². The van der Waals surface area contributed by atoms with Gasteiger partial charge in [0.1, 0.15) is 0 Å². The molecule has 15 heavy (non-hydrogen) atoms. The van der Waals surface area contributed by atoms with Gasteiger partial charge in [-0.1, -0.05) is 0 Å². The molecule has 8 heteroatoms. The molecule has 0 aromatic carbocycles. The minimum atomic E-state index is -3.40. The van der Waals surface area contributed by atoms with Gasteiger partial charge in [-0.3, -0.25) is 0 Å². The first-order chi connectivity index (χ1) is 6.85. The van der Waals surface area contributed by atoms with Crippen LogP contribution in [0.25, 0.3) is 0 Å². The van der Waals surface area contributed by atoms with Crippen molar-refractivity contribution in [1.82, 2.24) is 13.5 Å². The quantitative estimate of drug-likeness (QED) is 0.674. The molecule has 0 aromatic rings. The molecule has 1 heterocycles. The van der Waals surface area contributed by atoms with Gasteiger partial charge in [-0.15, -0.1) is 0 Å². The topological polar surface area (TPSA) is 81.2 Å². The molecule has 1 rings (SSSR count). The summed E-state index contributed by atoms with van der Waals surface area (Å²) in [6.45, 7) is 0.879. The Hall–Kier alpha value is -0.860. The smallest absolute Gasteiger partial charge is 0.407 e. The van der Waals surface area contributed by atoms with E-state index in [4.69, 9.17) is 5.11 Å². The van der Waals surface area contributed by atoms with Crippen LogP contribution in [0.15, 0.2) is 0 Å². The Kier molecular flexibility index (Phi) is 3.53. The maximum absolute atomic E-state index is 11.6. The van der Waals surface area contributed by atoms with Crippen molar-refractivity contribution >= 4 is 16.3 Å². The Balaban J connectivity index is 2.62. The Morgan fingerprint density at radius 2 is 1.67 bits per heavy atom. The fourth-order valence-corrected chi connectivity index (χ4v) is 2.43. The fourth-order valence-electron chi connectivity index (χ4n) is 1.34. The molecule has 0 spiro atoms. The van der Waals surface area contributed by atoms with Crippen LogP contribution in [0.4, 0.5) is 4.79 Å². The van der Waals surface area contributed by atoms with Crippen molar-refractivity contribution in [1.29, 1.82) is 0 Å². The van der Waals surface area contributed by atoms with Crippen LogP contribution in [-0.2, 0) is 10.2 Å². The van der Waals surface area contributed by atoms with Crippen molar-refractivity contribution in [3.05, 3.63) is 0 Å². The second-order valence-corrected chi connectivity index (χ2v) is 5.60. The van der Waals surface area contributed by atoms with Gasteiger partial charge in [0.05, 0.1) is 0 Å². The number of rotatable bonds is 2. The van der Waals surface area contributed by atoms with Crippen LogP contribution in [0, 0.1) is 0 Å². The molecule has 1 fully saturated rings. The van der Waals surface area contributed by atoms with E-state index in [2.05, 4.69) is 0 Å². The van der Waals surface area contributed by atoms with Crippen LogP contribution in [0.2, 0.25) is 0 Å². The van der Waals surface area contributed by atoms with Crippen LogP contribution < -0.4 is 0 Å². The summed E-state index contributed by atoms with van der Waals surface area (Å²) in [6.07, 6.45) is -1.00. The number of hydrogen-bond donors (Lipinski definition) is 1. The Morgan fingerprint density at radius 1 is 1.20 bits per heavy atom. The van der Waals surface area contributed by atoms with Gasteiger partial charge >= 0.3 is 6.09 Å². The number of carboxylic acid groups (broad SMARTS) is 1. The van der Waals surface area contributed by atoms with Crippen molar-refractivity contribution in [2.75, 3.05) is 40.3 Å². The van der Waals surface area contributed by atoms with E-state index >= 15 is 0 Å². The standard InChI is InChI=1S/C7H15N3O4S/c1-8(2)15(13,14)10-5-3-9(4-6-10)7(11)12/h3-6H2,1-2H3,(H,11,12). The van der Waals surface area contributed by atoms with Crippen molar-refractivity contribution in [2.24, 2.45) is 0 Å². The lowest BCUT2D eigenvalue weighted by Crippen LogP contribution is -2.52. The zero-order valence-corrected chi connectivity index (χ0v) is 9.57. The van der Waals surface area contributed by atoms with E-state index in [0.717, 1.165) is 4.31 Å². The van der Waals surface area contributed by atoms with Crippen molar-refractivity contribution < 1.29 is 18.3 Å². The molecule has 0 radical (unpaired) electrons. The highest BCUT2D eigenvalue weighted by atomic mass is 32.2. The molecule has 0 bridgehead atoms. The molecular formula is C7H15N3O4S. The maximum Gasteiger partial charge on any atom is 0.407 e. The van der Waals surface area contributed by atoms with Gasteiger partial charge in [-0.2, -0.15) is 17.0 Å². The minimum Gasteiger partial charge on any atom is -0.465 e. The van der Waals surface area contributed by atoms with Crippen LogP contribution >= 0.6 is 0 Å². The van der Waals surface area contributed by atoms with E-state index in [9.17, 15) is 13.2 Å². The molecule has 1 N–H and O–H groups in total. The second-order valence-electron chi connectivity index (χ2n) is 3.46.